The van der Waals surface area contributed by atoms with Crippen molar-refractivity contribution >= 4 is 33.1 Å². The summed E-state index contributed by atoms with van der Waals surface area (Å²) < 4.78 is 40.5. The first-order valence-corrected chi connectivity index (χ1v) is 11.8. The van der Waals surface area contributed by atoms with E-state index in [9.17, 15) is 18.5 Å². The molecular formula is C22H20ClN3O5S. The number of halogens is 1. The Bertz CT molecular complexity index is 1310. The lowest BCUT2D eigenvalue weighted by molar-refractivity contribution is 0.0472. The van der Waals surface area contributed by atoms with Gasteiger partial charge in [0.1, 0.15) is 17.6 Å². The summed E-state index contributed by atoms with van der Waals surface area (Å²) in [6.45, 7) is 0.608. The van der Waals surface area contributed by atoms with Crippen molar-refractivity contribution in [3.8, 4) is 6.07 Å². The number of hydrogen-bond acceptors (Lipinski definition) is 6. The molecule has 0 amide bonds. The lowest BCUT2D eigenvalue weighted by Crippen LogP contribution is -2.32. The highest BCUT2D eigenvalue weighted by Gasteiger charge is 2.24. The van der Waals surface area contributed by atoms with Gasteiger partial charge in [-0.1, -0.05) is 17.7 Å². The summed E-state index contributed by atoms with van der Waals surface area (Å²) in [5, 5.41) is 9.46. The maximum absolute atomic E-state index is 12.7. The van der Waals surface area contributed by atoms with E-state index in [1.54, 1.807) is 22.9 Å². The molecule has 1 atom stereocenters. The number of sulfonamides is 1. The van der Waals surface area contributed by atoms with Crippen LogP contribution in [0.25, 0.3) is 5.52 Å². The quantitative estimate of drug-likeness (QED) is 0.527. The summed E-state index contributed by atoms with van der Waals surface area (Å²) in [7, 11) is -3.95. The standard InChI is InChI=1S/C22H20ClN3O5S/c23-19-7-6-15(10-21(19)32(28,29)25-12-17-4-3-9-30-17)22(27)31-14-16-13-26-8-2-1-5-20(26)18(16)11-24/h1-2,5-8,10,13,17,25H,3-4,9,12,14H2/t17-/m1/s1. The number of nitrogens with one attached hydrogen (secondary N) is 1. The molecule has 0 aliphatic carbocycles. The Morgan fingerprint density at radius 1 is 1.34 bits per heavy atom. The van der Waals surface area contributed by atoms with Crippen molar-refractivity contribution in [3.05, 3.63) is 70.5 Å². The number of hydrogen-bond donors (Lipinski definition) is 1. The molecule has 1 aliphatic rings. The average molecular weight is 474 g/mol. The van der Waals surface area contributed by atoms with Gasteiger partial charge in [0.25, 0.3) is 0 Å². The van der Waals surface area contributed by atoms with E-state index in [1.165, 1.54) is 18.2 Å². The molecule has 1 aromatic carbocycles. The summed E-state index contributed by atoms with van der Waals surface area (Å²) in [6.07, 6.45) is 5.00. The van der Waals surface area contributed by atoms with E-state index in [4.69, 9.17) is 21.1 Å². The second-order valence-electron chi connectivity index (χ2n) is 7.34. The smallest absolute Gasteiger partial charge is 0.338 e. The number of benzene rings is 1. The van der Waals surface area contributed by atoms with Crippen molar-refractivity contribution < 1.29 is 22.7 Å². The molecule has 4 rings (SSSR count). The Balaban J connectivity index is 1.49. The molecule has 1 saturated heterocycles. The molecule has 0 radical (unpaired) electrons. The Hall–Kier alpha value is -2.90. The van der Waals surface area contributed by atoms with Gasteiger partial charge in [0.15, 0.2) is 0 Å². The number of esters is 1. The third kappa shape index (κ3) is 4.64. The number of nitrogens with zero attached hydrogens (tertiary/aromatic N) is 2. The molecule has 166 valence electrons. The van der Waals surface area contributed by atoms with Crippen molar-refractivity contribution in [2.24, 2.45) is 0 Å². The predicted octanol–water partition coefficient (Wildman–Crippen LogP) is 3.28. The highest BCUT2D eigenvalue weighted by Crippen LogP contribution is 2.24. The van der Waals surface area contributed by atoms with Crippen LogP contribution in [0.3, 0.4) is 0 Å². The number of rotatable bonds is 7. The number of pyridine rings is 1. The summed E-state index contributed by atoms with van der Waals surface area (Å²) in [6, 6.07) is 11.5. The van der Waals surface area contributed by atoms with E-state index in [-0.39, 0.29) is 34.7 Å². The molecule has 10 heteroatoms. The van der Waals surface area contributed by atoms with Crippen molar-refractivity contribution in [2.45, 2.75) is 30.4 Å². The van der Waals surface area contributed by atoms with Crippen LogP contribution in [0.2, 0.25) is 5.02 Å². The molecule has 1 fully saturated rings. The van der Waals surface area contributed by atoms with Gasteiger partial charge < -0.3 is 13.9 Å². The zero-order valence-corrected chi connectivity index (χ0v) is 18.5. The summed E-state index contributed by atoms with van der Waals surface area (Å²) in [5.41, 5.74) is 1.70. The molecule has 0 saturated carbocycles. The van der Waals surface area contributed by atoms with Gasteiger partial charge in [-0.2, -0.15) is 5.26 Å². The van der Waals surface area contributed by atoms with Crippen LogP contribution in [0.4, 0.5) is 0 Å². The van der Waals surface area contributed by atoms with Crippen molar-refractivity contribution in [1.82, 2.24) is 9.12 Å². The molecular weight excluding hydrogens is 454 g/mol. The fraction of sp³-hybridized carbons (Fsp3) is 0.273. The maximum Gasteiger partial charge on any atom is 0.338 e. The van der Waals surface area contributed by atoms with Gasteiger partial charge in [-0.3, -0.25) is 0 Å². The van der Waals surface area contributed by atoms with Gasteiger partial charge in [0.05, 0.1) is 27.8 Å². The molecule has 8 nitrogen and oxygen atoms in total. The normalized spacial score (nSPS) is 16.2. The first-order chi connectivity index (χ1) is 15.4. The predicted molar refractivity (Wildman–Crippen MR) is 117 cm³/mol. The molecule has 0 bridgehead atoms. The van der Waals surface area contributed by atoms with Crippen molar-refractivity contribution in [2.75, 3.05) is 13.2 Å². The van der Waals surface area contributed by atoms with Crippen LogP contribution in [0, 0.1) is 11.3 Å². The van der Waals surface area contributed by atoms with Crippen LogP contribution in [0.5, 0.6) is 0 Å². The van der Waals surface area contributed by atoms with E-state index in [0.717, 1.165) is 12.8 Å². The number of carbonyl (C=O) groups excluding carboxylic acids is 1. The molecule has 1 aliphatic heterocycles. The molecule has 2 aromatic heterocycles. The monoisotopic (exact) mass is 473 g/mol. The highest BCUT2D eigenvalue weighted by atomic mass is 35.5. The van der Waals surface area contributed by atoms with Crippen LogP contribution >= 0.6 is 11.6 Å². The van der Waals surface area contributed by atoms with E-state index in [0.29, 0.717) is 23.3 Å². The lowest BCUT2D eigenvalue weighted by Gasteiger charge is -2.13. The van der Waals surface area contributed by atoms with Gasteiger partial charge in [-0.15, -0.1) is 0 Å². The van der Waals surface area contributed by atoms with Gasteiger partial charge in [0.2, 0.25) is 10.0 Å². The fourth-order valence-electron chi connectivity index (χ4n) is 3.56. The fourth-order valence-corrected chi connectivity index (χ4v) is 5.15. The van der Waals surface area contributed by atoms with E-state index in [1.807, 2.05) is 12.1 Å². The second-order valence-corrected chi connectivity index (χ2v) is 9.49. The summed E-state index contributed by atoms with van der Waals surface area (Å²) in [4.78, 5) is 12.4. The zero-order chi connectivity index (χ0) is 22.7. The Kier molecular flexibility index (Phi) is 6.48. The van der Waals surface area contributed by atoms with Crippen LogP contribution < -0.4 is 4.72 Å². The van der Waals surface area contributed by atoms with Gasteiger partial charge in [0, 0.05) is 31.1 Å². The minimum Gasteiger partial charge on any atom is -0.457 e. The molecule has 3 heterocycles. The highest BCUT2D eigenvalue weighted by molar-refractivity contribution is 7.89. The Labute approximate surface area is 190 Å². The Morgan fingerprint density at radius 3 is 2.94 bits per heavy atom. The molecule has 0 unspecified atom stereocenters. The second kappa shape index (κ2) is 9.30. The number of ether oxygens (including phenoxy) is 2. The number of nitriles is 1. The SMILES string of the molecule is N#Cc1c(COC(=O)c2ccc(Cl)c(S(=O)(=O)NC[C@H]3CCCO3)c2)cn2ccccc12. The molecule has 3 aromatic rings. The average Bonchev–Trinajstić information content (AvgIpc) is 3.43. The largest absolute Gasteiger partial charge is 0.457 e. The van der Waals surface area contributed by atoms with Gasteiger partial charge in [-0.05, 0) is 43.2 Å². The van der Waals surface area contributed by atoms with Gasteiger partial charge >= 0.3 is 5.97 Å². The van der Waals surface area contributed by atoms with E-state index in [2.05, 4.69) is 10.8 Å². The topological polar surface area (TPSA) is 110 Å². The van der Waals surface area contributed by atoms with Crippen molar-refractivity contribution in [3.63, 3.8) is 0 Å². The van der Waals surface area contributed by atoms with Gasteiger partial charge in [-0.25, -0.2) is 17.9 Å². The molecule has 0 spiro atoms. The minimum absolute atomic E-state index is 0.00755. The molecule has 1 N–H and O–H groups in total. The van der Waals surface area contributed by atoms with E-state index < -0.39 is 16.0 Å². The first kappa shape index (κ1) is 22.3. The summed E-state index contributed by atoms with van der Waals surface area (Å²) in [5.74, 6) is -0.726. The number of carbonyl (C=O) groups is 1. The van der Waals surface area contributed by atoms with Crippen LogP contribution in [0.15, 0.2) is 53.7 Å². The number of fused-ring (bicyclic) bond motifs is 1. The number of aromatic nitrogens is 1. The van der Waals surface area contributed by atoms with E-state index >= 15 is 0 Å². The van der Waals surface area contributed by atoms with Crippen LogP contribution in [-0.2, 0) is 26.1 Å². The summed E-state index contributed by atoms with van der Waals surface area (Å²) >= 11 is 6.10. The van der Waals surface area contributed by atoms with Crippen LogP contribution in [0.1, 0.15) is 34.3 Å². The minimum atomic E-state index is -3.95. The molecule has 32 heavy (non-hydrogen) atoms. The Morgan fingerprint density at radius 2 is 2.19 bits per heavy atom. The van der Waals surface area contributed by atoms with Crippen LogP contribution in [-0.4, -0.2) is 38.0 Å². The lowest BCUT2D eigenvalue weighted by atomic mass is 10.2. The maximum atomic E-state index is 12.7. The third-order valence-electron chi connectivity index (χ3n) is 5.21. The van der Waals surface area contributed by atoms with Crippen molar-refractivity contribution in [1.29, 1.82) is 5.26 Å². The first-order valence-electron chi connectivity index (χ1n) is 9.95. The zero-order valence-electron chi connectivity index (χ0n) is 17.0. The third-order valence-corrected chi connectivity index (χ3v) is 7.12.